The molecule has 218 valence electrons. The number of nitrogens with one attached hydrogen (secondary N) is 3. The number of pyridine rings is 1. The number of nitro groups is 1. The Kier molecular flexibility index (Phi) is 13.3. The number of rotatable bonds is 12. The van der Waals surface area contributed by atoms with Gasteiger partial charge in [-0.05, 0) is 42.7 Å². The van der Waals surface area contributed by atoms with Crippen LogP contribution in [0.2, 0.25) is 5.02 Å². The molecule has 0 saturated heterocycles. The van der Waals surface area contributed by atoms with Crippen LogP contribution in [0, 0.1) is 17.0 Å². The van der Waals surface area contributed by atoms with Crippen LogP contribution in [0.5, 0.6) is 0 Å². The lowest BCUT2D eigenvalue weighted by molar-refractivity contribution is -0.384. The number of halogens is 4. The number of carboxylic acids is 2. The fraction of sp³-hybridized carbons (Fsp3) is 0.348. The van der Waals surface area contributed by atoms with E-state index in [2.05, 4.69) is 20.9 Å². The third-order valence-electron chi connectivity index (χ3n) is 4.77. The van der Waals surface area contributed by atoms with E-state index in [0.717, 1.165) is 11.6 Å². The fourth-order valence-electron chi connectivity index (χ4n) is 2.92. The molecule has 40 heavy (non-hydrogen) atoms. The van der Waals surface area contributed by atoms with E-state index in [0.29, 0.717) is 18.8 Å². The number of aryl methyl sites for hydroxylation is 1. The van der Waals surface area contributed by atoms with Gasteiger partial charge in [0.15, 0.2) is 0 Å². The second kappa shape index (κ2) is 15.8. The monoisotopic (exact) mass is 591 g/mol. The number of hydrogen-bond donors (Lipinski definition) is 5. The van der Waals surface area contributed by atoms with Gasteiger partial charge in [0.1, 0.15) is 10.8 Å². The van der Waals surface area contributed by atoms with Crippen molar-refractivity contribution in [2.45, 2.75) is 38.4 Å². The second-order valence-corrected chi connectivity index (χ2v) is 8.42. The van der Waals surface area contributed by atoms with Gasteiger partial charge in [0.05, 0.1) is 23.9 Å². The van der Waals surface area contributed by atoms with Gasteiger partial charge < -0.3 is 26.2 Å². The Balaban J connectivity index is 0.00000101. The standard InChI is InChI=1S/C21H24ClN5O6.C2HF3O2/c1-13-6-8-24-18(9-13)23-7-2-3-19(28)25-12-20(29)26-16(11-21(30)31)14-4-5-15(22)17(10-14)27(32)33;3-2(4,5)1(6)7/h4-6,8-10,16H,2-3,7,11-12H2,1H3,(H,23,24)(H,25,28)(H,26,29)(H,30,31);(H,6,7). The maximum Gasteiger partial charge on any atom is 0.490 e. The van der Waals surface area contributed by atoms with Gasteiger partial charge in [0, 0.05) is 25.2 Å². The Morgan fingerprint density at radius 3 is 2.33 bits per heavy atom. The predicted octanol–water partition coefficient (Wildman–Crippen LogP) is 3.23. The van der Waals surface area contributed by atoms with Crippen molar-refractivity contribution in [3.8, 4) is 0 Å². The number of carbonyl (C=O) groups excluding carboxylic acids is 2. The summed E-state index contributed by atoms with van der Waals surface area (Å²) in [6.45, 7) is 2.10. The van der Waals surface area contributed by atoms with Crippen LogP contribution in [0.4, 0.5) is 24.7 Å². The Morgan fingerprint density at radius 2 is 1.77 bits per heavy atom. The molecular weight excluding hydrogens is 567 g/mol. The largest absolute Gasteiger partial charge is 0.490 e. The minimum absolute atomic E-state index is 0.107. The summed E-state index contributed by atoms with van der Waals surface area (Å²) < 4.78 is 31.7. The molecule has 0 bridgehead atoms. The maximum atomic E-state index is 12.2. The van der Waals surface area contributed by atoms with Crippen LogP contribution in [0.1, 0.15) is 36.4 Å². The second-order valence-electron chi connectivity index (χ2n) is 8.01. The highest BCUT2D eigenvalue weighted by molar-refractivity contribution is 6.32. The van der Waals surface area contributed by atoms with E-state index >= 15 is 0 Å². The molecule has 2 aromatic rings. The van der Waals surface area contributed by atoms with Gasteiger partial charge in [0.25, 0.3) is 5.69 Å². The average Bonchev–Trinajstić information content (AvgIpc) is 2.84. The molecule has 5 N–H and O–H groups in total. The Labute approximate surface area is 229 Å². The number of hydrogen-bond acceptors (Lipinski definition) is 8. The van der Waals surface area contributed by atoms with Crippen LogP contribution in [0.15, 0.2) is 36.5 Å². The predicted molar refractivity (Wildman–Crippen MR) is 135 cm³/mol. The summed E-state index contributed by atoms with van der Waals surface area (Å²) in [5, 5.41) is 35.3. The van der Waals surface area contributed by atoms with Gasteiger partial charge in [-0.3, -0.25) is 24.5 Å². The lowest BCUT2D eigenvalue weighted by Crippen LogP contribution is -2.39. The van der Waals surface area contributed by atoms with E-state index in [4.69, 9.17) is 26.6 Å². The first-order valence-corrected chi connectivity index (χ1v) is 11.7. The highest BCUT2D eigenvalue weighted by atomic mass is 35.5. The number of aromatic nitrogens is 1. The van der Waals surface area contributed by atoms with Gasteiger partial charge in [-0.2, -0.15) is 13.2 Å². The molecule has 1 unspecified atom stereocenters. The number of carboxylic acid groups (broad SMARTS) is 2. The quantitative estimate of drug-likeness (QED) is 0.139. The molecule has 0 spiro atoms. The van der Waals surface area contributed by atoms with Crippen molar-refractivity contribution < 1.29 is 47.5 Å². The molecule has 0 fully saturated rings. The summed E-state index contributed by atoms with van der Waals surface area (Å²) in [6, 6.07) is 6.50. The average molecular weight is 592 g/mol. The summed E-state index contributed by atoms with van der Waals surface area (Å²) in [7, 11) is 0. The molecule has 0 aliphatic carbocycles. The van der Waals surface area contributed by atoms with Crippen molar-refractivity contribution in [2.75, 3.05) is 18.4 Å². The zero-order valence-electron chi connectivity index (χ0n) is 20.8. The molecule has 0 aliphatic heterocycles. The first kappa shape index (κ1) is 33.6. The number of carbonyl (C=O) groups is 4. The SMILES string of the molecule is Cc1ccnc(NCCCC(=O)NCC(=O)NC(CC(=O)O)c2ccc(Cl)c([N+](=O)[O-])c2)c1.O=C(O)C(F)(F)F. The highest BCUT2D eigenvalue weighted by Crippen LogP contribution is 2.29. The smallest absolute Gasteiger partial charge is 0.481 e. The summed E-state index contributed by atoms with van der Waals surface area (Å²) in [4.78, 5) is 58.9. The Hall–Kier alpha value is -4.47. The van der Waals surface area contributed by atoms with Crippen molar-refractivity contribution in [3.05, 3.63) is 62.8 Å². The zero-order chi connectivity index (χ0) is 30.5. The van der Waals surface area contributed by atoms with Gasteiger partial charge in [-0.1, -0.05) is 17.7 Å². The van der Waals surface area contributed by atoms with Crippen LogP contribution < -0.4 is 16.0 Å². The fourth-order valence-corrected chi connectivity index (χ4v) is 3.11. The van der Waals surface area contributed by atoms with Crippen LogP contribution in [-0.4, -0.2) is 63.1 Å². The topological polar surface area (TPSA) is 201 Å². The molecule has 1 heterocycles. The molecule has 1 aromatic carbocycles. The maximum absolute atomic E-state index is 12.2. The number of nitrogens with zero attached hydrogens (tertiary/aromatic N) is 2. The van der Waals surface area contributed by atoms with Crippen molar-refractivity contribution in [2.24, 2.45) is 0 Å². The number of nitro benzene ring substituents is 1. The summed E-state index contributed by atoms with van der Waals surface area (Å²) >= 11 is 5.78. The van der Waals surface area contributed by atoms with Crippen LogP contribution in [-0.2, 0) is 19.2 Å². The number of amides is 2. The molecule has 13 nitrogen and oxygen atoms in total. The molecule has 17 heteroatoms. The number of aliphatic carboxylic acids is 2. The van der Waals surface area contributed by atoms with Gasteiger partial charge in [0.2, 0.25) is 11.8 Å². The third kappa shape index (κ3) is 12.9. The molecule has 1 atom stereocenters. The molecular formula is C23H25ClF3N5O8. The van der Waals surface area contributed by atoms with Crippen LogP contribution >= 0.6 is 11.6 Å². The normalized spacial score (nSPS) is 11.3. The Morgan fingerprint density at radius 1 is 1.12 bits per heavy atom. The van der Waals surface area contributed by atoms with E-state index in [9.17, 15) is 37.7 Å². The summed E-state index contributed by atoms with van der Waals surface area (Å²) in [5.41, 5.74) is 0.872. The summed E-state index contributed by atoms with van der Waals surface area (Å²) in [5.74, 6) is -4.23. The number of benzene rings is 1. The molecule has 1 aromatic heterocycles. The third-order valence-corrected chi connectivity index (χ3v) is 5.09. The van der Waals surface area contributed by atoms with E-state index < -0.39 is 47.1 Å². The van der Waals surface area contributed by atoms with Gasteiger partial charge in [-0.15, -0.1) is 0 Å². The summed E-state index contributed by atoms with van der Waals surface area (Å²) in [6.07, 6.45) is -3.22. The van der Waals surface area contributed by atoms with Crippen molar-refractivity contribution in [3.63, 3.8) is 0 Å². The zero-order valence-corrected chi connectivity index (χ0v) is 21.6. The molecule has 0 saturated carbocycles. The van der Waals surface area contributed by atoms with Gasteiger partial charge in [-0.25, -0.2) is 9.78 Å². The highest BCUT2D eigenvalue weighted by Gasteiger charge is 2.38. The first-order valence-electron chi connectivity index (χ1n) is 11.3. The lowest BCUT2D eigenvalue weighted by atomic mass is 10.0. The van der Waals surface area contributed by atoms with E-state index in [-0.39, 0.29) is 29.5 Å². The van der Waals surface area contributed by atoms with Crippen LogP contribution in [0.25, 0.3) is 0 Å². The molecule has 2 amide bonds. The minimum atomic E-state index is -5.08. The van der Waals surface area contributed by atoms with Crippen molar-refractivity contribution in [1.29, 1.82) is 0 Å². The minimum Gasteiger partial charge on any atom is -0.481 e. The number of alkyl halides is 3. The molecule has 0 aliphatic rings. The van der Waals surface area contributed by atoms with E-state index in [1.807, 2.05) is 19.1 Å². The number of anilines is 1. The van der Waals surface area contributed by atoms with Crippen molar-refractivity contribution in [1.82, 2.24) is 15.6 Å². The van der Waals surface area contributed by atoms with E-state index in [1.165, 1.54) is 12.1 Å². The lowest BCUT2D eigenvalue weighted by Gasteiger charge is -2.18. The molecule has 2 rings (SSSR count). The molecule has 0 radical (unpaired) electrons. The first-order chi connectivity index (χ1) is 18.6. The van der Waals surface area contributed by atoms with Gasteiger partial charge >= 0.3 is 18.1 Å². The van der Waals surface area contributed by atoms with Crippen LogP contribution in [0.3, 0.4) is 0 Å². The van der Waals surface area contributed by atoms with E-state index in [1.54, 1.807) is 6.20 Å². The Bertz CT molecular complexity index is 1230. The van der Waals surface area contributed by atoms with Crippen molar-refractivity contribution >= 4 is 46.9 Å².